The van der Waals surface area contributed by atoms with E-state index in [0.717, 1.165) is 19.4 Å². The van der Waals surface area contributed by atoms with Gasteiger partial charge in [-0.1, -0.05) is 6.42 Å². The van der Waals surface area contributed by atoms with Crippen molar-refractivity contribution in [3.63, 3.8) is 0 Å². The predicted octanol–water partition coefficient (Wildman–Crippen LogP) is 1.49. The zero-order chi connectivity index (χ0) is 13.8. The van der Waals surface area contributed by atoms with Crippen molar-refractivity contribution in [3.8, 4) is 0 Å². The van der Waals surface area contributed by atoms with E-state index in [4.69, 9.17) is 0 Å². The Morgan fingerprint density at radius 3 is 2.50 bits per heavy atom. The van der Waals surface area contributed by atoms with Crippen molar-refractivity contribution >= 4 is 11.9 Å². The summed E-state index contributed by atoms with van der Waals surface area (Å²) in [5.41, 5.74) is -0.331. The van der Waals surface area contributed by atoms with Crippen LogP contribution in [0.15, 0.2) is 0 Å². The van der Waals surface area contributed by atoms with Crippen LogP contribution < -0.4 is 10.6 Å². The van der Waals surface area contributed by atoms with E-state index in [0.29, 0.717) is 12.6 Å². The van der Waals surface area contributed by atoms with Crippen molar-refractivity contribution < 1.29 is 9.59 Å². The average molecular weight is 255 g/mol. The first-order valence-corrected chi connectivity index (χ1v) is 6.64. The van der Waals surface area contributed by atoms with Gasteiger partial charge in [0.1, 0.15) is 0 Å². The van der Waals surface area contributed by atoms with Crippen molar-refractivity contribution in [1.82, 2.24) is 15.5 Å². The minimum absolute atomic E-state index is 0.231. The molecule has 18 heavy (non-hydrogen) atoms. The van der Waals surface area contributed by atoms with Crippen LogP contribution in [0.25, 0.3) is 0 Å². The molecule has 0 unspecified atom stereocenters. The molecule has 0 spiro atoms. The Kier molecular flexibility index (Phi) is 5.14. The van der Waals surface area contributed by atoms with Crippen LogP contribution in [0.1, 0.15) is 47.0 Å². The Balaban J connectivity index is 2.34. The third-order valence-corrected chi connectivity index (χ3v) is 3.03. The van der Waals surface area contributed by atoms with Gasteiger partial charge >= 0.3 is 6.03 Å². The van der Waals surface area contributed by atoms with Gasteiger partial charge in [-0.05, 0) is 47.1 Å². The molecule has 1 aliphatic heterocycles. The summed E-state index contributed by atoms with van der Waals surface area (Å²) in [6.07, 6.45) is 3.48. The average Bonchev–Trinajstić information content (AvgIpc) is 2.18. The lowest BCUT2D eigenvalue weighted by molar-refractivity contribution is -0.122. The maximum absolute atomic E-state index is 11.7. The van der Waals surface area contributed by atoms with E-state index in [1.165, 1.54) is 6.42 Å². The number of carbonyl (C=O) groups excluding carboxylic acids is 2. The Morgan fingerprint density at radius 1 is 1.28 bits per heavy atom. The number of imide groups is 1. The zero-order valence-corrected chi connectivity index (χ0v) is 11.9. The van der Waals surface area contributed by atoms with Gasteiger partial charge in [0.25, 0.3) is 0 Å². The van der Waals surface area contributed by atoms with E-state index in [1.807, 2.05) is 20.8 Å². The van der Waals surface area contributed by atoms with Crippen LogP contribution in [0.2, 0.25) is 0 Å². The molecule has 0 saturated carbocycles. The molecule has 1 heterocycles. The molecule has 5 heteroatoms. The Hall–Kier alpha value is -1.10. The number of nitrogens with one attached hydrogen (secondary N) is 2. The summed E-state index contributed by atoms with van der Waals surface area (Å²) in [6, 6.07) is 0.00680. The first-order valence-electron chi connectivity index (χ1n) is 6.64. The van der Waals surface area contributed by atoms with Crippen LogP contribution in [0.5, 0.6) is 0 Å². The number of rotatable bonds is 2. The van der Waals surface area contributed by atoms with E-state index in [2.05, 4.69) is 22.5 Å². The third kappa shape index (κ3) is 5.49. The van der Waals surface area contributed by atoms with Crippen molar-refractivity contribution in [1.29, 1.82) is 0 Å². The number of piperidine rings is 1. The SMILES string of the molecule is C[C@@H]1CCCCN1CC(=O)NC(=O)NC(C)(C)C. The fourth-order valence-corrected chi connectivity index (χ4v) is 2.11. The highest BCUT2D eigenvalue weighted by molar-refractivity contribution is 5.95. The van der Waals surface area contributed by atoms with Gasteiger partial charge in [0.05, 0.1) is 6.54 Å². The minimum atomic E-state index is -0.419. The first kappa shape index (κ1) is 15.0. The third-order valence-electron chi connectivity index (χ3n) is 3.03. The lowest BCUT2D eigenvalue weighted by Crippen LogP contribution is -2.51. The maximum atomic E-state index is 11.7. The van der Waals surface area contributed by atoms with Crippen LogP contribution in [0, 0.1) is 0 Å². The lowest BCUT2D eigenvalue weighted by Gasteiger charge is -2.32. The molecule has 1 aliphatic rings. The number of amides is 3. The number of carbonyl (C=O) groups is 2. The normalized spacial score (nSPS) is 21.4. The summed E-state index contributed by atoms with van der Waals surface area (Å²) in [7, 11) is 0. The molecule has 0 aromatic heterocycles. The molecule has 1 saturated heterocycles. The van der Waals surface area contributed by atoms with Crippen LogP contribution in [0.4, 0.5) is 4.79 Å². The predicted molar refractivity (Wildman–Crippen MR) is 71.3 cm³/mol. The van der Waals surface area contributed by atoms with Gasteiger partial charge in [-0.15, -0.1) is 0 Å². The van der Waals surface area contributed by atoms with Crippen molar-refractivity contribution in [2.75, 3.05) is 13.1 Å². The second-order valence-electron chi connectivity index (χ2n) is 6.07. The summed E-state index contributed by atoms with van der Waals surface area (Å²) in [4.78, 5) is 25.4. The van der Waals surface area contributed by atoms with Crippen LogP contribution in [-0.2, 0) is 4.79 Å². The smallest absolute Gasteiger partial charge is 0.321 e. The molecule has 0 aromatic carbocycles. The highest BCUT2D eigenvalue weighted by Gasteiger charge is 2.22. The standard InChI is InChI=1S/C13H25N3O2/c1-10-7-5-6-8-16(10)9-11(17)14-12(18)15-13(2,3)4/h10H,5-9H2,1-4H3,(H2,14,15,17,18)/t10-/m1/s1. The number of urea groups is 1. The number of hydrogen-bond acceptors (Lipinski definition) is 3. The summed E-state index contributed by atoms with van der Waals surface area (Å²) in [6.45, 7) is 9.01. The first-order chi connectivity index (χ1) is 8.28. The van der Waals surface area contributed by atoms with Crippen molar-refractivity contribution in [2.24, 2.45) is 0 Å². The van der Waals surface area contributed by atoms with Crippen LogP contribution in [0.3, 0.4) is 0 Å². The molecule has 0 aromatic rings. The molecule has 0 radical (unpaired) electrons. The number of nitrogens with zero attached hydrogens (tertiary/aromatic N) is 1. The molecule has 1 atom stereocenters. The van der Waals surface area contributed by atoms with Crippen LogP contribution >= 0.6 is 0 Å². The van der Waals surface area contributed by atoms with Gasteiger partial charge in [-0.3, -0.25) is 15.0 Å². The van der Waals surface area contributed by atoms with Gasteiger partial charge in [0.15, 0.2) is 0 Å². The Bertz CT molecular complexity index is 310. The van der Waals surface area contributed by atoms with E-state index in [-0.39, 0.29) is 11.4 Å². The Labute approximate surface area is 109 Å². The molecule has 104 valence electrons. The van der Waals surface area contributed by atoms with Gasteiger partial charge in [0, 0.05) is 11.6 Å². The lowest BCUT2D eigenvalue weighted by atomic mass is 10.0. The Morgan fingerprint density at radius 2 is 1.94 bits per heavy atom. The second-order valence-corrected chi connectivity index (χ2v) is 6.07. The summed E-state index contributed by atoms with van der Waals surface area (Å²) < 4.78 is 0. The van der Waals surface area contributed by atoms with E-state index < -0.39 is 6.03 Å². The maximum Gasteiger partial charge on any atom is 0.321 e. The second kappa shape index (κ2) is 6.18. The summed E-state index contributed by atoms with van der Waals surface area (Å²) in [5.74, 6) is -0.231. The fourth-order valence-electron chi connectivity index (χ4n) is 2.11. The molecule has 0 bridgehead atoms. The van der Waals surface area contributed by atoms with Gasteiger partial charge < -0.3 is 5.32 Å². The molecule has 5 nitrogen and oxygen atoms in total. The van der Waals surface area contributed by atoms with Crippen molar-refractivity contribution in [2.45, 2.75) is 58.5 Å². The fraction of sp³-hybridized carbons (Fsp3) is 0.846. The summed E-state index contributed by atoms with van der Waals surface area (Å²) in [5, 5.41) is 5.08. The monoisotopic (exact) mass is 255 g/mol. The molecular weight excluding hydrogens is 230 g/mol. The zero-order valence-electron chi connectivity index (χ0n) is 11.9. The highest BCUT2D eigenvalue weighted by atomic mass is 16.2. The number of likely N-dealkylation sites (tertiary alicyclic amines) is 1. The molecule has 2 N–H and O–H groups in total. The molecular formula is C13H25N3O2. The van der Waals surface area contributed by atoms with E-state index in [9.17, 15) is 9.59 Å². The van der Waals surface area contributed by atoms with E-state index in [1.54, 1.807) is 0 Å². The van der Waals surface area contributed by atoms with E-state index >= 15 is 0 Å². The number of hydrogen-bond donors (Lipinski definition) is 2. The molecule has 1 rings (SSSR count). The largest absolute Gasteiger partial charge is 0.333 e. The van der Waals surface area contributed by atoms with Gasteiger partial charge in [0.2, 0.25) is 5.91 Å². The molecule has 3 amide bonds. The molecule has 1 fully saturated rings. The van der Waals surface area contributed by atoms with Gasteiger partial charge in [-0.2, -0.15) is 0 Å². The molecule has 0 aliphatic carbocycles. The minimum Gasteiger partial charge on any atom is -0.333 e. The van der Waals surface area contributed by atoms with Gasteiger partial charge in [-0.25, -0.2) is 4.79 Å². The van der Waals surface area contributed by atoms with Crippen molar-refractivity contribution in [3.05, 3.63) is 0 Å². The summed E-state index contributed by atoms with van der Waals surface area (Å²) >= 11 is 0. The topological polar surface area (TPSA) is 61.4 Å². The highest BCUT2D eigenvalue weighted by Crippen LogP contribution is 2.15. The quantitative estimate of drug-likeness (QED) is 0.786. The van der Waals surface area contributed by atoms with Crippen LogP contribution in [-0.4, -0.2) is 41.5 Å².